The fourth-order valence-corrected chi connectivity index (χ4v) is 5.83. The zero-order valence-corrected chi connectivity index (χ0v) is 26.5. The fourth-order valence-electron chi connectivity index (χ4n) is 5.83. The number of aliphatic hydroxyl groups is 1. The van der Waals surface area contributed by atoms with Gasteiger partial charge in [-0.25, -0.2) is 4.39 Å². The van der Waals surface area contributed by atoms with Gasteiger partial charge in [-0.1, -0.05) is 55.2 Å². The number of benzene rings is 2. The minimum atomic E-state index is -1.50. The van der Waals surface area contributed by atoms with Crippen molar-refractivity contribution in [2.45, 2.75) is 83.4 Å². The molecule has 0 aromatic heterocycles. The number of fused-ring (bicyclic) bond motifs is 1. The molecule has 44 heavy (non-hydrogen) atoms. The van der Waals surface area contributed by atoms with E-state index in [-0.39, 0.29) is 30.1 Å². The quantitative estimate of drug-likeness (QED) is 0.412. The number of halogens is 1. The lowest BCUT2D eigenvalue weighted by atomic mass is 9.82. The van der Waals surface area contributed by atoms with Gasteiger partial charge in [0.05, 0.1) is 18.2 Å². The van der Waals surface area contributed by atoms with Crippen molar-refractivity contribution in [3.8, 4) is 5.75 Å². The molecule has 0 saturated heterocycles. The maximum atomic E-state index is 13.8. The first-order chi connectivity index (χ1) is 21.0. The molecule has 4 rings (SSSR count). The molecule has 1 fully saturated rings. The smallest absolute Gasteiger partial charge is 0.246 e. The molecule has 3 amide bonds. The molecular formula is C34H49FN4O5. The number of hydrogen-bond acceptors (Lipinski definition) is 6. The molecule has 0 spiro atoms. The van der Waals surface area contributed by atoms with E-state index in [1.165, 1.54) is 30.9 Å². The van der Waals surface area contributed by atoms with Crippen molar-refractivity contribution in [3.05, 3.63) is 65.5 Å². The Morgan fingerprint density at radius 3 is 2.27 bits per heavy atom. The van der Waals surface area contributed by atoms with Crippen molar-refractivity contribution in [1.29, 1.82) is 0 Å². The number of likely N-dealkylation sites (N-methyl/N-ethyl adjacent to an activating group) is 1. The minimum absolute atomic E-state index is 0.142. The summed E-state index contributed by atoms with van der Waals surface area (Å²) in [7, 11) is 1.55. The highest BCUT2D eigenvalue weighted by atomic mass is 19.1. The van der Waals surface area contributed by atoms with Gasteiger partial charge in [-0.15, -0.1) is 0 Å². The highest BCUT2D eigenvalue weighted by Crippen LogP contribution is 2.28. The molecule has 2 aliphatic rings. The zero-order chi connectivity index (χ0) is 32.1. The Balaban J connectivity index is 0.000000572. The standard InChI is InChI=1S/C27H42N4O5.C7H7F/c1-27(2,35)24-25(33)30-18-22(32)28-15-9-13-19-10-7-8-14-21(19)36-17-16-29-23(26(34)31(24)3)20-11-5-4-6-12-20;1-6-2-4-7(8)5-3-6/h7-8,10,14,20,23-24,29,35H,4-6,9,11-13,15-18H2,1-3H3,(H,28,32)(H,30,33);2-5H,1H3. The van der Waals surface area contributed by atoms with Crippen LogP contribution in [0.2, 0.25) is 0 Å². The van der Waals surface area contributed by atoms with Crippen LogP contribution in [0.1, 0.15) is 63.5 Å². The molecule has 1 aliphatic carbocycles. The summed E-state index contributed by atoms with van der Waals surface area (Å²) in [6.45, 7) is 6.04. The topological polar surface area (TPSA) is 120 Å². The molecule has 9 nitrogen and oxygen atoms in total. The molecule has 2 aromatic carbocycles. The number of nitrogens with one attached hydrogen (secondary N) is 3. The Morgan fingerprint density at radius 2 is 1.61 bits per heavy atom. The molecular weight excluding hydrogens is 563 g/mol. The summed E-state index contributed by atoms with van der Waals surface area (Å²) in [5.41, 5.74) is 0.649. The first kappa shape index (κ1) is 35.0. The lowest BCUT2D eigenvalue weighted by Crippen LogP contribution is -2.62. The monoisotopic (exact) mass is 612 g/mol. The van der Waals surface area contributed by atoms with Crippen LogP contribution in [-0.4, -0.2) is 78.7 Å². The molecule has 1 aliphatic heterocycles. The van der Waals surface area contributed by atoms with E-state index in [1.807, 2.05) is 31.2 Å². The average Bonchev–Trinajstić information content (AvgIpc) is 2.99. The molecule has 2 unspecified atom stereocenters. The van der Waals surface area contributed by atoms with Crippen molar-refractivity contribution in [1.82, 2.24) is 20.9 Å². The van der Waals surface area contributed by atoms with E-state index in [0.717, 1.165) is 61.8 Å². The van der Waals surface area contributed by atoms with E-state index in [2.05, 4.69) is 16.0 Å². The maximum Gasteiger partial charge on any atom is 0.246 e. The highest BCUT2D eigenvalue weighted by Gasteiger charge is 2.42. The first-order valence-corrected chi connectivity index (χ1v) is 15.7. The molecule has 0 radical (unpaired) electrons. The zero-order valence-electron chi connectivity index (χ0n) is 26.5. The van der Waals surface area contributed by atoms with E-state index < -0.39 is 23.6 Å². The number of ether oxygens (including phenoxy) is 1. The average molecular weight is 613 g/mol. The van der Waals surface area contributed by atoms with E-state index in [4.69, 9.17) is 4.74 Å². The van der Waals surface area contributed by atoms with Crippen LogP contribution in [0.4, 0.5) is 4.39 Å². The second-order valence-electron chi connectivity index (χ2n) is 12.3. The molecule has 242 valence electrons. The van der Waals surface area contributed by atoms with Crippen molar-refractivity contribution in [2.75, 3.05) is 33.3 Å². The Labute approximate surface area is 260 Å². The molecule has 2 aromatic rings. The molecule has 4 N–H and O–H groups in total. The Bertz CT molecular complexity index is 1190. The van der Waals surface area contributed by atoms with Gasteiger partial charge in [-0.3, -0.25) is 14.4 Å². The van der Waals surface area contributed by atoms with Gasteiger partial charge in [-0.05, 0) is 76.1 Å². The number of amides is 3. The number of carbonyl (C=O) groups is 3. The van der Waals surface area contributed by atoms with Gasteiger partial charge in [0.15, 0.2) is 0 Å². The number of para-hydroxylation sites is 1. The Morgan fingerprint density at radius 1 is 0.932 bits per heavy atom. The predicted octanol–water partition coefficient (Wildman–Crippen LogP) is 3.51. The van der Waals surface area contributed by atoms with E-state index >= 15 is 0 Å². The third-order valence-corrected chi connectivity index (χ3v) is 8.12. The number of nitrogens with zero attached hydrogens (tertiary/aromatic N) is 1. The summed E-state index contributed by atoms with van der Waals surface area (Å²) in [6.07, 6.45) is 6.62. The number of rotatable bonds is 2. The van der Waals surface area contributed by atoms with Crippen molar-refractivity contribution in [2.24, 2.45) is 5.92 Å². The SMILES string of the molecule is CN1C(=O)C(C2CCCCC2)NCCOc2ccccc2CCCNC(=O)CNC(=O)C1C(C)(C)O.Cc1ccc(F)cc1. The van der Waals surface area contributed by atoms with Crippen LogP contribution < -0.4 is 20.7 Å². The molecule has 1 heterocycles. The Kier molecular flexibility index (Phi) is 13.6. The van der Waals surface area contributed by atoms with Gasteiger partial charge in [0, 0.05) is 20.1 Å². The van der Waals surface area contributed by atoms with Crippen LogP contribution in [0.25, 0.3) is 0 Å². The van der Waals surface area contributed by atoms with E-state index in [1.54, 1.807) is 19.2 Å². The summed E-state index contributed by atoms with van der Waals surface area (Å²) < 4.78 is 18.2. The summed E-state index contributed by atoms with van der Waals surface area (Å²) in [6, 6.07) is 12.6. The number of carbonyl (C=O) groups excluding carboxylic acids is 3. The largest absolute Gasteiger partial charge is 0.492 e. The molecule has 1 saturated carbocycles. The van der Waals surface area contributed by atoms with Crippen LogP contribution in [0.15, 0.2) is 48.5 Å². The third kappa shape index (κ3) is 10.9. The molecule has 2 atom stereocenters. The van der Waals surface area contributed by atoms with Crippen molar-refractivity contribution in [3.63, 3.8) is 0 Å². The highest BCUT2D eigenvalue weighted by molar-refractivity contribution is 5.92. The van der Waals surface area contributed by atoms with Crippen molar-refractivity contribution < 1.29 is 28.6 Å². The normalized spacial score (nSPS) is 21.8. The lowest BCUT2D eigenvalue weighted by Gasteiger charge is -2.39. The van der Waals surface area contributed by atoms with Gasteiger partial charge in [0.2, 0.25) is 17.7 Å². The number of hydrogen-bond donors (Lipinski definition) is 4. The summed E-state index contributed by atoms with van der Waals surface area (Å²) >= 11 is 0. The van der Waals surface area contributed by atoms with Gasteiger partial charge in [0.25, 0.3) is 0 Å². The first-order valence-electron chi connectivity index (χ1n) is 15.7. The van der Waals surface area contributed by atoms with Gasteiger partial charge in [0.1, 0.15) is 24.2 Å². The molecule has 10 heteroatoms. The Hall–Kier alpha value is -3.50. The van der Waals surface area contributed by atoms with Crippen LogP contribution in [-0.2, 0) is 20.8 Å². The van der Waals surface area contributed by atoms with Crippen molar-refractivity contribution >= 4 is 17.7 Å². The summed E-state index contributed by atoms with van der Waals surface area (Å²) in [5, 5.41) is 19.6. The predicted molar refractivity (Wildman–Crippen MR) is 169 cm³/mol. The van der Waals surface area contributed by atoms with Gasteiger partial charge >= 0.3 is 0 Å². The van der Waals surface area contributed by atoms with Gasteiger partial charge in [-0.2, -0.15) is 0 Å². The van der Waals surface area contributed by atoms with Crippen LogP contribution in [0.5, 0.6) is 5.75 Å². The third-order valence-electron chi connectivity index (χ3n) is 8.12. The fraction of sp³-hybridized carbons (Fsp3) is 0.559. The second-order valence-corrected chi connectivity index (χ2v) is 12.3. The summed E-state index contributed by atoms with van der Waals surface area (Å²) in [5.74, 6) is -0.346. The van der Waals surface area contributed by atoms with E-state index in [9.17, 15) is 23.9 Å². The van der Waals surface area contributed by atoms with Crippen LogP contribution >= 0.6 is 0 Å². The van der Waals surface area contributed by atoms with Crippen LogP contribution in [0.3, 0.4) is 0 Å². The second kappa shape index (κ2) is 17.1. The van der Waals surface area contributed by atoms with E-state index in [0.29, 0.717) is 19.7 Å². The lowest BCUT2D eigenvalue weighted by molar-refractivity contribution is -0.150. The van der Waals surface area contributed by atoms with Gasteiger partial charge < -0.3 is 30.7 Å². The minimum Gasteiger partial charge on any atom is -0.492 e. The number of aryl methyl sites for hydroxylation is 2. The molecule has 0 bridgehead atoms. The summed E-state index contributed by atoms with van der Waals surface area (Å²) in [4.78, 5) is 40.5. The van der Waals surface area contributed by atoms with Crippen LogP contribution in [0, 0.1) is 18.7 Å². The maximum absolute atomic E-state index is 13.8.